The molecule has 0 saturated carbocycles. The van der Waals surface area contributed by atoms with Gasteiger partial charge in [-0.25, -0.2) is 0 Å². The second-order valence-electron chi connectivity index (χ2n) is 5.08. The first-order valence-corrected chi connectivity index (χ1v) is 7.15. The topological polar surface area (TPSA) is 73.6 Å². The highest BCUT2D eigenvalue weighted by Crippen LogP contribution is 2.34. The van der Waals surface area contributed by atoms with Crippen molar-refractivity contribution in [2.24, 2.45) is 0 Å². The number of halogens is 3. The molecule has 1 N–H and O–H groups in total. The molecule has 25 heavy (non-hydrogen) atoms. The van der Waals surface area contributed by atoms with Crippen molar-refractivity contribution in [2.45, 2.75) is 19.6 Å². The summed E-state index contributed by atoms with van der Waals surface area (Å²) in [6.07, 6.45) is 0. The molecule has 134 valence electrons. The summed E-state index contributed by atoms with van der Waals surface area (Å²) in [4.78, 5) is 10.3. The van der Waals surface area contributed by atoms with Gasteiger partial charge in [-0.3, -0.25) is 10.1 Å². The molecule has 2 aromatic rings. The van der Waals surface area contributed by atoms with Gasteiger partial charge in [-0.15, -0.1) is 0 Å². The van der Waals surface area contributed by atoms with Crippen LogP contribution in [0.15, 0.2) is 36.4 Å². The Morgan fingerprint density at radius 1 is 1.16 bits per heavy atom. The molecule has 0 aromatic heterocycles. The molecule has 0 radical (unpaired) electrons. The van der Waals surface area contributed by atoms with Crippen LogP contribution in [0.2, 0.25) is 0 Å². The van der Waals surface area contributed by atoms with E-state index in [4.69, 9.17) is 4.74 Å². The van der Waals surface area contributed by atoms with Crippen LogP contribution < -0.4 is 14.8 Å². The Labute approximate surface area is 141 Å². The number of hydrogen-bond acceptors (Lipinski definition) is 5. The van der Waals surface area contributed by atoms with E-state index in [0.717, 1.165) is 6.07 Å². The van der Waals surface area contributed by atoms with Crippen molar-refractivity contribution in [1.82, 2.24) is 0 Å². The van der Waals surface area contributed by atoms with Gasteiger partial charge in [0, 0.05) is 18.2 Å². The van der Waals surface area contributed by atoms with E-state index in [1.54, 1.807) is 6.92 Å². The Morgan fingerprint density at radius 2 is 1.80 bits per heavy atom. The monoisotopic (exact) mass is 356 g/mol. The summed E-state index contributed by atoms with van der Waals surface area (Å²) in [5, 5.41) is 13.9. The molecule has 1 unspecified atom stereocenters. The number of methoxy groups -OCH3 is 1. The van der Waals surface area contributed by atoms with Crippen LogP contribution in [0.4, 0.5) is 24.5 Å². The quantitative estimate of drug-likeness (QED) is 0.583. The standard InChI is InChI=1S/C16H15F3N2O4/c1-9(10-3-5-11(6-4-10)25-16(18)19)20-14-8-12(24-2)7-13(17)15(14)21(22)23/h3-9,16,20H,1-2H3. The maximum atomic E-state index is 13.9. The van der Waals surface area contributed by atoms with Gasteiger partial charge in [0.2, 0.25) is 5.82 Å². The molecule has 1 atom stereocenters. The molecular weight excluding hydrogens is 341 g/mol. The summed E-state index contributed by atoms with van der Waals surface area (Å²) in [5.41, 5.74) is -0.119. The molecule has 0 saturated heterocycles. The molecule has 0 aliphatic carbocycles. The average molecular weight is 356 g/mol. The third-order valence-electron chi connectivity index (χ3n) is 3.43. The van der Waals surface area contributed by atoms with E-state index in [1.807, 2.05) is 0 Å². The van der Waals surface area contributed by atoms with Crippen molar-refractivity contribution in [3.8, 4) is 11.5 Å². The van der Waals surface area contributed by atoms with E-state index in [0.29, 0.717) is 5.56 Å². The second kappa shape index (κ2) is 7.73. The van der Waals surface area contributed by atoms with E-state index in [1.165, 1.54) is 37.4 Å². The molecule has 0 aliphatic heterocycles. The maximum Gasteiger partial charge on any atom is 0.387 e. The Bertz CT molecular complexity index is 754. The van der Waals surface area contributed by atoms with Crippen molar-refractivity contribution >= 4 is 11.4 Å². The third kappa shape index (κ3) is 4.52. The minimum Gasteiger partial charge on any atom is -0.497 e. The minimum absolute atomic E-state index is 0.00986. The molecule has 6 nitrogen and oxygen atoms in total. The van der Waals surface area contributed by atoms with Crippen molar-refractivity contribution < 1.29 is 27.6 Å². The highest BCUT2D eigenvalue weighted by molar-refractivity contribution is 5.65. The molecular formula is C16H15F3N2O4. The van der Waals surface area contributed by atoms with Gasteiger partial charge in [-0.2, -0.15) is 13.2 Å². The summed E-state index contributed by atoms with van der Waals surface area (Å²) >= 11 is 0. The predicted octanol–water partition coefficient (Wildman–Crippen LogP) is 4.52. The normalized spacial score (nSPS) is 11.9. The summed E-state index contributed by atoms with van der Waals surface area (Å²) in [7, 11) is 1.32. The van der Waals surface area contributed by atoms with Crippen molar-refractivity contribution in [2.75, 3.05) is 12.4 Å². The zero-order chi connectivity index (χ0) is 18.6. The van der Waals surface area contributed by atoms with Gasteiger partial charge in [-0.05, 0) is 24.6 Å². The lowest BCUT2D eigenvalue weighted by Crippen LogP contribution is -2.10. The lowest BCUT2D eigenvalue weighted by molar-refractivity contribution is -0.386. The van der Waals surface area contributed by atoms with Crippen LogP contribution in [0.3, 0.4) is 0 Å². The fourth-order valence-electron chi connectivity index (χ4n) is 2.24. The number of benzene rings is 2. The fourth-order valence-corrected chi connectivity index (χ4v) is 2.24. The molecule has 0 bridgehead atoms. The van der Waals surface area contributed by atoms with Gasteiger partial charge in [0.25, 0.3) is 0 Å². The smallest absolute Gasteiger partial charge is 0.387 e. The first kappa shape index (κ1) is 18.4. The Morgan fingerprint density at radius 3 is 2.32 bits per heavy atom. The van der Waals surface area contributed by atoms with E-state index in [9.17, 15) is 23.3 Å². The Balaban J connectivity index is 2.26. The summed E-state index contributed by atoms with van der Waals surface area (Å²) in [6.45, 7) is -1.24. The number of nitrogens with zero attached hydrogens (tertiary/aromatic N) is 1. The predicted molar refractivity (Wildman–Crippen MR) is 84.7 cm³/mol. The van der Waals surface area contributed by atoms with Gasteiger partial charge >= 0.3 is 12.3 Å². The van der Waals surface area contributed by atoms with Crippen LogP contribution in [0, 0.1) is 15.9 Å². The van der Waals surface area contributed by atoms with Gasteiger partial charge < -0.3 is 14.8 Å². The zero-order valence-electron chi connectivity index (χ0n) is 13.3. The van der Waals surface area contributed by atoms with Crippen molar-refractivity contribution in [1.29, 1.82) is 0 Å². The lowest BCUT2D eigenvalue weighted by Gasteiger charge is -2.17. The largest absolute Gasteiger partial charge is 0.497 e. The molecule has 0 aliphatic rings. The first-order chi connectivity index (χ1) is 11.8. The highest BCUT2D eigenvalue weighted by atomic mass is 19.3. The van der Waals surface area contributed by atoms with Crippen molar-refractivity contribution in [3.63, 3.8) is 0 Å². The Hall–Kier alpha value is -2.97. The number of nitro benzene ring substituents is 1. The zero-order valence-corrected chi connectivity index (χ0v) is 13.3. The fraction of sp³-hybridized carbons (Fsp3) is 0.250. The number of hydrogen-bond donors (Lipinski definition) is 1. The molecule has 2 aromatic carbocycles. The highest BCUT2D eigenvalue weighted by Gasteiger charge is 2.23. The number of ether oxygens (including phenoxy) is 2. The number of alkyl halides is 2. The summed E-state index contributed by atoms with van der Waals surface area (Å²) < 4.78 is 47.4. The summed E-state index contributed by atoms with van der Waals surface area (Å²) in [6, 6.07) is 7.51. The number of nitro groups is 1. The first-order valence-electron chi connectivity index (χ1n) is 7.15. The van der Waals surface area contributed by atoms with Crippen molar-refractivity contribution in [3.05, 3.63) is 57.9 Å². The van der Waals surface area contributed by atoms with E-state index < -0.39 is 29.1 Å². The van der Waals surface area contributed by atoms with Gasteiger partial charge in [0.1, 0.15) is 17.2 Å². The van der Waals surface area contributed by atoms with Crippen LogP contribution in [-0.4, -0.2) is 18.6 Å². The maximum absolute atomic E-state index is 13.9. The molecule has 0 amide bonds. The number of nitrogens with one attached hydrogen (secondary N) is 1. The van der Waals surface area contributed by atoms with E-state index >= 15 is 0 Å². The number of rotatable bonds is 7. The van der Waals surface area contributed by atoms with Gasteiger partial charge in [0.05, 0.1) is 12.0 Å². The van der Waals surface area contributed by atoms with Crippen LogP contribution in [0.25, 0.3) is 0 Å². The molecule has 2 rings (SSSR count). The van der Waals surface area contributed by atoms with Crippen LogP contribution >= 0.6 is 0 Å². The third-order valence-corrected chi connectivity index (χ3v) is 3.43. The minimum atomic E-state index is -2.93. The molecule has 0 heterocycles. The van der Waals surface area contributed by atoms with Gasteiger partial charge in [-0.1, -0.05) is 12.1 Å². The molecule has 0 spiro atoms. The lowest BCUT2D eigenvalue weighted by atomic mass is 10.1. The van der Waals surface area contributed by atoms with E-state index in [-0.39, 0.29) is 17.2 Å². The van der Waals surface area contributed by atoms with Crippen LogP contribution in [0.1, 0.15) is 18.5 Å². The number of anilines is 1. The average Bonchev–Trinajstić information content (AvgIpc) is 2.53. The van der Waals surface area contributed by atoms with Crippen LogP contribution in [0.5, 0.6) is 11.5 Å². The summed E-state index contributed by atoms with van der Waals surface area (Å²) in [5.74, 6) is -0.914. The van der Waals surface area contributed by atoms with Gasteiger partial charge in [0.15, 0.2) is 0 Å². The Kier molecular flexibility index (Phi) is 5.68. The second-order valence-corrected chi connectivity index (χ2v) is 5.08. The van der Waals surface area contributed by atoms with Crippen LogP contribution in [-0.2, 0) is 0 Å². The van der Waals surface area contributed by atoms with E-state index in [2.05, 4.69) is 10.1 Å². The molecule has 0 fully saturated rings. The molecule has 9 heteroatoms. The SMILES string of the molecule is COc1cc(F)c([N+](=O)[O-])c(NC(C)c2ccc(OC(F)F)cc2)c1.